The molecule has 0 amide bonds. The van der Waals surface area contributed by atoms with Gasteiger partial charge in [0.15, 0.2) is 0 Å². The second-order valence-electron chi connectivity index (χ2n) is 7.93. The normalized spacial score (nSPS) is 51.0. The van der Waals surface area contributed by atoms with Gasteiger partial charge in [0.2, 0.25) is 0 Å². The van der Waals surface area contributed by atoms with Crippen LogP contribution in [0.3, 0.4) is 0 Å². The van der Waals surface area contributed by atoms with Crippen LogP contribution in [-0.2, 0) is 0 Å². The number of hydrogen-bond acceptors (Lipinski definition) is 1. The Labute approximate surface area is 100 Å². The molecule has 0 saturated heterocycles. The van der Waals surface area contributed by atoms with Crippen molar-refractivity contribution in [2.24, 2.45) is 22.7 Å². The van der Waals surface area contributed by atoms with Gasteiger partial charge in [0, 0.05) is 5.54 Å². The Bertz CT molecular complexity index is 291. The predicted molar refractivity (Wildman–Crippen MR) is 68.4 cm³/mol. The molecule has 4 aliphatic carbocycles. The molecule has 0 spiro atoms. The highest BCUT2D eigenvalue weighted by atomic mass is 15.0. The van der Waals surface area contributed by atoms with E-state index in [-0.39, 0.29) is 0 Å². The van der Waals surface area contributed by atoms with Crippen LogP contribution < -0.4 is 5.32 Å². The van der Waals surface area contributed by atoms with Crippen LogP contribution in [-0.4, -0.2) is 12.6 Å². The van der Waals surface area contributed by atoms with Gasteiger partial charge in [0.05, 0.1) is 0 Å². The fourth-order valence-corrected chi connectivity index (χ4v) is 5.72. The molecule has 2 atom stereocenters. The molecule has 92 valence electrons. The van der Waals surface area contributed by atoms with Crippen LogP contribution in [0.5, 0.6) is 0 Å². The first-order valence-corrected chi connectivity index (χ1v) is 7.07. The minimum absolute atomic E-state index is 0.325. The summed E-state index contributed by atoms with van der Waals surface area (Å²) in [7, 11) is 2.15. The van der Waals surface area contributed by atoms with Gasteiger partial charge in [-0.25, -0.2) is 0 Å². The summed E-state index contributed by atoms with van der Waals surface area (Å²) in [6.45, 7) is 7.43. The Kier molecular flexibility index (Phi) is 2.11. The van der Waals surface area contributed by atoms with Crippen molar-refractivity contribution >= 4 is 0 Å². The van der Waals surface area contributed by atoms with Crippen molar-refractivity contribution < 1.29 is 0 Å². The summed E-state index contributed by atoms with van der Waals surface area (Å²) in [5.41, 5.74) is 1.60. The van der Waals surface area contributed by atoms with E-state index in [2.05, 4.69) is 33.1 Å². The summed E-state index contributed by atoms with van der Waals surface area (Å²) in [6, 6.07) is 0. The molecule has 1 heteroatoms. The molecular weight excluding hydrogens is 194 g/mol. The van der Waals surface area contributed by atoms with E-state index in [1.54, 1.807) is 0 Å². The van der Waals surface area contributed by atoms with Gasteiger partial charge in [-0.05, 0) is 82.1 Å². The zero-order chi connectivity index (χ0) is 11.6. The molecule has 16 heavy (non-hydrogen) atoms. The van der Waals surface area contributed by atoms with Crippen LogP contribution in [0.25, 0.3) is 0 Å². The van der Waals surface area contributed by atoms with Crippen molar-refractivity contribution in [3.63, 3.8) is 0 Å². The summed E-state index contributed by atoms with van der Waals surface area (Å²) < 4.78 is 0. The van der Waals surface area contributed by atoms with Crippen molar-refractivity contribution in [3.8, 4) is 0 Å². The van der Waals surface area contributed by atoms with E-state index in [9.17, 15) is 0 Å². The number of nitrogens with one attached hydrogen (secondary N) is 1. The van der Waals surface area contributed by atoms with Crippen LogP contribution in [0, 0.1) is 22.7 Å². The summed E-state index contributed by atoms with van der Waals surface area (Å²) in [5, 5.41) is 3.62. The van der Waals surface area contributed by atoms with Gasteiger partial charge in [-0.3, -0.25) is 0 Å². The van der Waals surface area contributed by atoms with Crippen LogP contribution in [0.2, 0.25) is 0 Å². The molecule has 0 aromatic rings. The van der Waals surface area contributed by atoms with Crippen molar-refractivity contribution in [1.29, 1.82) is 0 Å². The van der Waals surface area contributed by atoms with Gasteiger partial charge < -0.3 is 5.32 Å². The smallest absolute Gasteiger partial charge is 0.0178 e. The minimum Gasteiger partial charge on any atom is -0.314 e. The second kappa shape index (κ2) is 3.04. The van der Waals surface area contributed by atoms with Crippen LogP contribution in [0.4, 0.5) is 0 Å². The Morgan fingerprint density at radius 1 is 1.06 bits per heavy atom. The molecule has 4 rings (SSSR count). The molecule has 0 heterocycles. The van der Waals surface area contributed by atoms with Crippen LogP contribution in [0.1, 0.15) is 59.3 Å². The standard InChI is InChI=1S/C15H27N/c1-13(2,16-4)15-8-11-5-12(9-15)7-14(3,6-11)10-15/h11-12,16H,5-10H2,1-4H3. The number of rotatable bonds is 2. The maximum atomic E-state index is 3.62. The molecule has 1 N–H and O–H groups in total. The van der Waals surface area contributed by atoms with E-state index in [4.69, 9.17) is 0 Å². The largest absolute Gasteiger partial charge is 0.314 e. The molecule has 0 aromatic carbocycles. The Morgan fingerprint density at radius 2 is 1.62 bits per heavy atom. The summed E-state index contributed by atoms with van der Waals surface area (Å²) in [4.78, 5) is 0. The summed E-state index contributed by atoms with van der Waals surface area (Å²) in [5.74, 6) is 2.08. The van der Waals surface area contributed by atoms with Crippen molar-refractivity contribution in [2.45, 2.75) is 64.8 Å². The van der Waals surface area contributed by atoms with Gasteiger partial charge in [-0.2, -0.15) is 0 Å². The lowest BCUT2D eigenvalue weighted by atomic mass is 9.41. The van der Waals surface area contributed by atoms with Gasteiger partial charge in [0.1, 0.15) is 0 Å². The van der Waals surface area contributed by atoms with Crippen LogP contribution >= 0.6 is 0 Å². The maximum absolute atomic E-state index is 3.62. The molecule has 4 aliphatic rings. The molecule has 0 aliphatic heterocycles. The highest BCUT2D eigenvalue weighted by molar-refractivity contribution is 5.12. The quantitative estimate of drug-likeness (QED) is 0.751. The summed E-state index contributed by atoms with van der Waals surface area (Å²) >= 11 is 0. The van der Waals surface area contributed by atoms with Gasteiger partial charge in [-0.15, -0.1) is 0 Å². The average Bonchev–Trinajstić information content (AvgIpc) is 2.13. The Balaban J connectivity index is 1.98. The van der Waals surface area contributed by atoms with Crippen molar-refractivity contribution in [1.82, 2.24) is 5.32 Å². The minimum atomic E-state index is 0.325. The second-order valence-corrected chi connectivity index (χ2v) is 7.93. The topological polar surface area (TPSA) is 12.0 Å². The predicted octanol–water partition coefficient (Wildman–Crippen LogP) is 3.59. The van der Waals surface area contributed by atoms with Crippen molar-refractivity contribution in [3.05, 3.63) is 0 Å². The lowest BCUT2D eigenvalue weighted by Gasteiger charge is -2.66. The van der Waals surface area contributed by atoms with Gasteiger partial charge >= 0.3 is 0 Å². The lowest BCUT2D eigenvalue weighted by Crippen LogP contribution is -2.62. The Morgan fingerprint density at radius 3 is 2.06 bits per heavy atom. The van der Waals surface area contributed by atoms with E-state index in [0.717, 1.165) is 11.8 Å². The zero-order valence-corrected chi connectivity index (χ0v) is 11.4. The van der Waals surface area contributed by atoms with E-state index in [0.29, 0.717) is 16.4 Å². The highest BCUT2D eigenvalue weighted by Crippen LogP contribution is 2.67. The van der Waals surface area contributed by atoms with Crippen molar-refractivity contribution in [2.75, 3.05) is 7.05 Å². The summed E-state index contributed by atoms with van der Waals surface area (Å²) in [6.07, 6.45) is 9.04. The molecule has 4 saturated carbocycles. The number of hydrogen-bond donors (Lipinski definition) is 1. The van der Waals surface area contributed by atoms with Gasteiger partial charge in [-0.1, -0.05) is 6.92 Å². The monoisotopic (exact) mass is 221 g/mol. The maximum Gasteiger partial charge on any atom is 0.0178 e. The van der Waals surface area contributed by atoms with E-state index < -0.39 is 0 Å². The van der Waals surface area contributed by atoms with E-state index in [1.165, 1.54) is 38.5 Å². The molecular formula is C15H27N. The molecule has 2 unspecified atom stereocenters. The SMILES string of the molecule is CNC(C)(C)C12CC3CC(CC(C)(C3)C1)C2. The molecule has 0 radical (unpaired) electrons. The molecule has 1 nitrogen and oxygen atoms in total. The van der Waals surface area contributed by atoms with Crippen LogP contribution in [0.15, 0.2) is 0 Å². The van der Waals surface area contributed by atoms with Gasteiger partial charge in [0.25, 0.3) is 0 Å². The highest BCUT2D eigenvalue weighted by Gasteiger charge is 2.60. The first kappa shape index (κ1) is 11.1. The van der Waals surface area contributed by atoms with E-state index in [1.807, 2.05) is 0 Å². The van der Waals surface area contributed by atoms with E-state index >= 15 is 0 Å². The first-order chi connectivity index (χ1) is 7.38. The Hall–Kier alpha value is -0.0400. The molecule has 0 aromatic heterocycles. The first-order valence-electron chi connectivity index (χ1n) is 7.07. The fraction of sp³-hybridized carbons (Fsp3) is 1.00. The third-order valence-corrected chi connectivity index (χ3v) is 6.30. The lowest BCUT2D eigenvalue weighted by molar-refractivity contribution is -0.136. The molecule has 4 fully saturated rings. The molecule has 4 bridgehead atoms. The average molecular weight is 221 g/mol. The fourth-order valence-electron chi connectivity index (χ4n) is 5.72. The zero-order valence-electron chi connectivity index (χ0n) is 11.4. The third kappa shape index (κ3) is 1.33. The third-order valence-electron chi connectivity index (χ3n) is 6.30.